The molecule has 1 atom stereocenters. The molecular formula is C11H16O3Se. The summed E-state index contributed by atoms with van der Waals surface area (Å²) in [5, 5.41) is 17.4. The normalized spacial score (nSPS) is 11.1. The second kappa shape index (κ2) is 8.48. The van der Waals surface area contributed by atoms with Gasteiger partial charge in [-0.15, -0.1) is 0 Å². The minimum atomic E-state index is -0.833. The first-order chi connectivity index (χ1) is 7.02. The molecule has 2 N–H and O–H groups in total. The van der Waals surface area contributed by atoms with Gasteiger partial charge < -0.3 is 5.11 Å². The van der Waals surface area contributed by atoms with E-state index in [9.17, 15) is 0 Å². The molecule has 0 aliphatic rings. The van der Waals surface area contributed by atoms with Crippen molar-refractivity contribution >= 4 is 25.4 Å². The summed E-state index contributed by atoms with van der Waals surface area (Å²) in [4.78, 5) is 9.00. The fraction of sp³-hybridized carbons (Fsp3) is 0.364. The summed E-state index contributed by atoms with van der Waals surface area (Å²) in [7, 11) is 0. The van der Waals surface area contributed by atoms with Gasteiger partial charge in [-0.05, 0) is 0 Å². The Morgan fingerprint density at radius 3 is 2.27 bits per heavy atom. The molecule has 84 valence electrons. The molecule has 1 unspecified atom stereocenters. The number of aliphatic hydroxyl groups is 1. The van der Waals surface area contributed by atoms with E-state index in [1.165, 1.54) is 4.46 Å². The van der Waals surface area contributed by atoms with Crippen LogP contribution in [-0.4, -0.2) is 37.2 Å². The molecule has 1 rings (SSSR count). The molecule has 0 fully saturated rings. The van der Waals surface area contributed by atoms with Crippen molar-refractivity contribution in [2.24, 2.45) is 0 Å². The number of carboxylic acids is 1. The van der Waals surface area contributed by atoms with E-state index >= 15 is 0 Å². The van der Waals surface area contributed by atoms with Gasteiger partial charge in [-0.1, -0.05) is 0 Å². The summed E-state index contributed by atoms with van der Waals surface area (Å²) in [6.45, 7) is 2.92. The molecule has 0 spiro atoms. The third-order valence-corrected chi connectivity index (χ3v) is 3.87. The van der Waals surface area contributed by atoms with Gasteiger partial charge in [-0.25, -0.2) is 0 Å². The number of hydrogen-bond donors (Lipinski definition) is 2. The van der Waals surface area contributed by atoms with Crippen LogP contribution in [0, 0.1) is 0 Å². The molecule has 4 heteroatoms. The predicted octanol–water partition coefficient (Wildman–Crippen LogP) is 0.906. The number of benzene rings is 1. The van der Waals surface area contributed by atoms with E-state index < -0.39 is 5.97 Å². The van der Waals surface area contributed by atoms with Gasteiger partial charge in [-0.3, -0.25) is 4.79 Å². The molecule has 0 amide bonds. The first-order valence-corrected chi connectivity index (χ1v) is 6.64. The van der Waals surface area contributed by atoms with Crippen molar-refractivity contribution in [3.05, 3.63) is 30.3 Å². The van der Waals surface area contributed by atoms with Crippen LogP contribution in [0.25, 0.3) is 0 Å². The van der Waals surface area contributed by atoms with Crippen LogP contribution in [0.15, 0.2) is 30.3 Å². The molecule has 0 aliphatic heterocycles. The van der Waals surface area contributed by atoms with E-state index in [-0.39, 0.29) is 6.10 Å². The van der Waals surface area contributed by atoms with Gasteiger partial charge >= 0.3 is 73.2 Å². The fourth-order valence-corrected chi connectivity index (χ4v) is 2.38. The van der Waals surface area contributed by atoms with E-state index in [0.29, 0.717) is 15.0 Å². The van der Waals surface area contributed by atoms with E-state index in [2.05, 4.69) is 12.1 Å². The summed E-state index contributed by atoms with van der Waals surface area (Å²) in [5.74, 6) is -0.833. The van der Waals surface area contributed by atoms with Crippen molar-refractivity contribution in [3.8, 4) is 0 Å². The van der Waals surface area contributed by atoms with Crippen molar-refractivity contribution in [2.75, 3.05) is 0 Å². The van der Waals surface area contributed by atoms with Gasteiger partial charge in [0.25, 0.3) is 5.97 Å². The van der Waals surface area contributed by atoms with Crippen LogP contribution in [0.4, 0.5) is 0 Å². The third kappa shape index (κ3) is 11.1. The third-order valence-electron chi connectivity index (χ3n) is 1.23. The number of aliphatic hydroxyl groups excluding tert-OH is 1. The molecule has 15 heavy (non-hydrogen) atoms. The molecular weight excluding hydrogens is 259 g/mol. The van der Waals surface area contributed by atoms with Crippen LogP contribution < -0.4 is 4.46 Å². The van der Waals surface area contributed by atoms with E-state index in [1.54, 1.807) is 0 Å². The Hall–Kier alpha value is -0.831. The number of hydrogen-bond acceptors (Lipinski definition) is 2. The van der Waals surface area contributed by atoms with Crippen LogP contribution in [0.3, 0.4) is 0 Å². The standard InChI is InChI=1S/C9H12OSe.C2H4O2/c1-8(10)7-11-9-5-3-2-4-6-9;1-2(3)4/h2-6,8,10H,7H2,1H3;1H3,(H,3,4). The van der Waals surface area contributed by atoms with E-state index in [1.807, 2.05) is 25.1 Å². The molecule has 0 heterocycles. The van der Waals surface area contributed by atoms with Crippen LogP contribution in [0.2, 0.25) is 5.32 Å². The Morgan fingerprint density at radius 2 is 1.87 bits per heavy atom. The Labute approximate surface area is 96.3 Å². The minimum absolute atomic E-state index is 0.157. The zero-order valence-electron chi connectivity index (χ0n) is 8.88. The van der Waals surface area contributed by atoms with Gasteiger partial charge in [0.1, 0.15) is 0 Å². The van der Waals surface area contributed by atoms with Crippen LogP contribution in [0.1, 0.15) is 13.8 Å². The second-order valence-electron chi connectivity index (χ2n) is 2.99. The summed E-state index contributed by atoms with van der Waals surface area (Å²) in [6.07, 6.45) is -0.157. The zero-order valence-corrected chi connectivity index (χ0v) is 10.6. The van der Waals surface area contributed by atoms with Crippen molar-refractivity contribution in [1.82, 2.24) is 0 Å². The molecule has 1 aromatic carbocycles. The topological polar surface area (TPSA) is 57.5 Å². The predicted molar refractivity (Wildman–Crippen MR) is 61.6 cm³/mol. The average Bonchev–Trinajstić information content (AvgIpc) is 2.15. The Balaban J connectivity index is 0.000000423. The molecule has 0 bridgehead atoms. The molecule has 0 radical (unpaired) electrons. The first-order valence-electron chi connectivity index (χ1n) is 4.58. The molecule has 1 aromatic rings. The molecule has 0 aromatic heterocycles. The van der Waals surface area contributed by atoms with Gasteiger partial charge in [-0.2, -0.15) is 0 Å². The fourth-order valence-electron chi connectivity index (χ4n) is 0.734. The Morgan fingerprint density at radius 1 is 1.40 bits per heavy atom. The van der Waals surface area contributed by atoms with Gasteiger partial charge in [0, 0.05) is 6.92 Å². The first kappa shape index (κ1) is 14.2. The van der Waals surface area contributed by atoms with E-state index in [0.717, 1.165) is 12.2 Å². The van der Waals surface area contributed by atoms with Crippen LogP contribution in [0.5, 0.6) is 0 Å². The van der Waals surface area contributed by atoms with Gasteiger partial charge in [0.15, 0.2) is 0 Å². The van der Waals surface area contributed by atoms with Gasteiger partial charge in [0.2, 0.25) is 0 Å². The van der Waals surface area contributed by atoms with Crippen LogP contribution >= 0.6 is 0 Å². The maximum absolute atomic E-state index is 9.03. The number of aliphatic carboxylic acids is 1. The summed E-state index contributed by atoms with van der Waals surface area (Å²) >= 11 is 0.440. The SMILES string of the molecule is CC(=O)O.CC(O)C[Se]c1ccccc1. The molecule has 0 saturated heterocycles. The van der Waals surface area contributed by atoms with Crippen molar-refractivity contribution in [3.63, 3.8) is 0 Å². The van der Waals surface area contributed by atoms with Crippen molar-refractivity contribution < 1.29 is 15.0 Å². The zero-order chi connectivity index (χ0) is 11.7. The Kier molecular flexibility index (Phi) is 8.01. The number of rotatable bonds is 3. The summed E-state index contributed by atoms with van der Waals surface area (Å²) in [5.41, 5.74) is 0. The van der Waals surface area contributed by atoms with Crippen LogP contribution in [-0.2, 0) is 4.79 Å². The second-order valence-corrected chi connectivity index (χ2v) is 5.29. The summed E-state index contributed by atoms with van der Waals surface area (Å²) in [6, 6.07) is 10.3. The number of carbonyl (C=O) groups is 1. The molecule has 0 aliphatic carbocycles. The van der Waals surface area contributed by atoms with Crippen molar-refractivity contribution in [2.45, 2.75) is 25.3 Å². The monoisotopic (exact) mass is 276 g/mol. The Bertz CT molecular complexity index is 268. The average molecular weight is 275 g/mol. The van der Waals surface area contributed by atoms with Gasteiger partial charge in [0.05, 0.1) is 0 Å². The molecule has 3 nitrogen and oxygen atoms in total. The van der Waals surface area contributed by atoms with Crippen molar-refractivity contribution in [1.29, 1.82) is 0 Å². The van der Waals surface area contributed by atoms with E-state index in [4.69, 9.17) is 15.0 Å². The number of carboxylic acid groups (broad SMARTS) is 1. The molecule has 0 saturated carbocycles. The quantitative estimate of drug-likeness (QED) is 0.806. The summed E-state index contributed by atoms with van der Waals surface area (Å²) < 4.78 is 1.36. The maximum atomic E-state index is 9.03.